The second-order valence-corrected chi connectivity index (χ2v) is 13.5. The SMILES string of the molecule is COc1ccnc(-n2c3ccccc3c3ccc(Oc4cccc(-n5cc(-c6c(C)cc(CCC(C)(C)C)cc6C)cn5)c4)cc32)c1. The van der Waals surface area contributed by atoms with E-state index < -0.39 is 0 Å². The summed E-state index contributed by atoms with van der Waals surface area (Å²) in [5, 5.41) is 7.03. The first kappa shape index (κ1) is 30.3. The minimum absolute atomic E-state index is 0.320. The number of ether oxygens (including phenoxy) is 2. The highest BCUT2D eigenvalue weighted by Gasteiger charge is 2.16. The first-order valence-corrected chi connectivity index (χ1v) is 16.1. The van der Waals surface area contributed by atoms with Crippen LogP contribution in [0, 0.1) is 19.3 Å². The van der Waals surface area contributed by atoms with Gasteiger partial charge in [-0.15, -0.1) is 0 Å². The number of hydrogen-bond acceptors (Lipinski definition) is 4. The second kappa shape index (κ2) is 12.1. The zero-order valence-corrected chi connectivity index (χ0v) is 27.9. The molecule has 0 saturated heterocycles. The first-order valence-electron chi connectivity index (χ1n) is 16.1. The zero-order valence-electron chi connectivity index (χ0n) is 27.9. The van der Waals surface area contributed by atoms with Crippen LogP contribution in [0.15, 0.2) is 110 Å². The number of rotatable bonds is 8. The van der Waals surface area contributed by atoms with Gasteiger partial charge in [-0.3, -0.25) is 4.57 Å². The number of aromatic nitrogens is 4. The van der Waals surface area contributed by atoms with Gasteiger partial charge in [-0.2, -0.15) is 5.10 Å². The van der Waals surface area contributed by atoms with Crippen molar-refractivity contribution in [2.75, 3.05) is 7.11 Å². The van der Waals surface area contributed by atoms with Crippen LogP contribution in [0.5, 0.6) is 17.2 Å². The Labute approximate surface area is 276 Å². The third-order valence-corrected chi connectivity index (χ3v) is 8.77. The smallest absolute Gasteiger partial charge is 0.141 e. The van der Waals surface area contributed by atoms with E-state index in [1.165, 1.54) is 28.7 Å². The number of para-hydroxylation sites is 1. The van der Waals surface area contributed by atoms with Gasteiger partial charge >= 0.3 is 0 Å². The van der Waals surface area contributed by atoms with Gasteiger partial charge in [-0.05, 0) is 90.8 Å². The average Bonchev–Trinajstić information content (AvgIpc) is 3.66. The van der Waals surface area contributed by atoms with Crippen molar-refractivity contribution in [3.05, 3.63) is 126 Å². The highest BCUT2D eigenvalue weighted by atomic mass is 16.5. The minimum Gasteiger partial charge on any atom is -0.497 e. The summed E-state index contributed by atoms with van der Waals surface area (Å²) in [7, 11) is 1.67. The molecule has 7 rings (SSSR count). The number of methoxy groups -OCH3 is 1. The third-order valence-electron chi connectivity index (χ3n) is 8.77. The lowest BCUT2D eigenvalue weighted by atomic mass is 9.87. The van der Waals surface area contributed by atoms with E-state index >= 15 is 0 Å². The maximum absolute atomic E-state index is 6.47. The average molecular weight is 621 g/mol. The lowest BCUT2D eigenvalue weighted by Crippen LogP contribution is -2.06. The van der Waals surface area contributed by atoms with E-state index in [-0.39, 0.29) is 0 Å². The predicted molar refractivity (Wildman–Crippen MR) is 191 cm³/mol. The van der Waals surface area contributed by atoms with E-state index in [1.54, 1.807) is 13.3 Å². The number of pyridine rings is 1. The Kier molecular flexibility index (Phi) is 7.80. The van der Waals surface area contributed by atoms with Crippen LogP contribution < -0.4 is 9.47 Å². The van der Waals surface area contributed by atoms with Crippen LogP contribution in [-0.2, 0) is 6.42 Å². The van der Waals surface area contributed by atoms with Gasteiger partial charge in [-0.1, -0.05) is 57.2 Å². The Morgan fingerprint density at radius 1 is 0.745 bits per heavy atom. The summed E-state index contributed by atoms with van der Waals surface area (Å²) in [5.74, 6) is 3.01. The van der Waals surface area contributed by atoms with Gasteiger partial charge < -0.3 is 9.47 Å². The molecule has 0 radical (unpaired) electrons. The Bertz CT molecular complexity index is 2210. The third kappa shape index (κ3) is 6.11. The van der Waals surface area contributed by atoms with Crippen molar-refractivity contribution in [2.45, 2.75) is 47.5 Å². The summed E-state index contributed by atoms with van der Waals surface area (Å²) >= 11 is 0. The fraction of sp³-hybridized carbons (Fsp3) is 0.220. The quantitative estimate of drug-likeness (QED) is 0.170. The molecular weight excluding hydrogens is 580 g/mol. The van der Waals surface area contributed by atoms with Gasteiger partial charge in [0, 0.05) is 46.9 Å². The van der Waals surface area contributed by atoms with E-state index in [2.05, 4.69) is 98.9 Å². The van der Waals surface area contributed by atoms with Gasteiger partial charge in [0.05, 0.1) is 30.0 Å². The molecule has 3 aromatic heterocycles. The molecule has 6 nitrogen and oxygen atoms in total. The minimum atomic E-state index is 0.320. The van der Waals surface area contributed by atoms with E-state index in [0.29, 0.717) is 5.41 Å². The molecule has 3 heterocycles. The zero-order chi connectivity index (χ0) is 32.7. The van der Waals surface area contributed by atoms with Crippen molar-refractivity contribution < 1.29 is 9.47 Å². The first-order chi connectivity index (χ1) is 22.7. The Balaban J connectivity index is 1.18. The van der Waals surface area contributed by atoms with E-state index in [4.69, 9.17) is 14.6 Å². The number of nitrogens with zero attached hydrogens (tertiary/aromatic N) is 4. The van der Waals surface area contributed by atoms with E-state index in [0.717, 1.165) is 62.5 Å². The van der Waals surface area contributed by atoms with Crippen LogP contribution >= 0.6 is 0 Å². The summed E-state index contributed by atoms with van der Waals surface area (Å²) in [5.41, 5.74) is 9.65. The Hall–Kier alpha value is -5.36. The van der Waals surface area contributed by atoms with Crippen molar-refractivity contribution in [3.63, 3.8) is 0 Å². The Morgan fingerprint density at radius 2 is 1.51 bits per heavy atom. The number of benzene rings is 4. The molecule has 4 aromatic carbocycles. The molecule has 0 atom stereocenters. The maximum atomic E-state index is 6.47. The molecule has 0 unspecified atom stereocenters. The summed E-state index contributed by atoms with van der Waals surface area (Å²) in [6.07, 6.45) is 8.09. The van der Waals surface area contributed by atoms with Crippen molar-refractivity contribution in [1.82, 2.24) is 19.3 Å². The van der Waals surface area contributed by atoms with Crippen LogP contribution in [0.2, 0.25) is 0 Å². The molecule has 47 heavy (non-hydrogen) atoms. The van der Waals surface area contributed by atoms with Gasteiger partial charge in [-0.25, -0.2) is 9.67 Å². The molecule has 6 heteroatoms. The standard InChI is InChI=1S/C41H40N4O2/c1-27-20-29(16-18-41(3,4)5)21-28(2)40(27)30-25-43-44(26-30)31-10-9-11-33(22-31)47-34-14-15-36-35-12-7-8-13-37(35)45(38(36)23-34)39-24-32(46-6)17-19-42-39/h7-15,17,19-26H,16,18H2,1-6H3. The fourth-order valence-electron chi connectivity index (χ4n) is 6.50. The van der Waals surface area contributed by atoms with Crippen molar-refractivity contribution >= 4 is 21.8 Å². The van der Waals surface area contributed by atoms with Crippen molar-refractivity contribution in [3.8, 4) is 39.9 Å². The van der Waals surface area contributed by atoms with Crippen LogP contribution in [0.4, 0.5) is 0 Å². The summed E-state index contributed by atoms with van der Waals surface area (Å²) in [6, 6.07) is 31.1. The summed E-state index contributed by atoms with van der Waals surface area (Å²) < 4.78 is 16.1. The monoisotopic (exact) mass is 620 g/mol. The lowest BCUT2D eigenvalue weighted by molar-refractivity contribution is 0.378. The number of fused-ring (bicyclic) bond motifs is 3. The van der Waals surface area contributed by atoms with Crippen LogP contribution in [0.3, 0.4) is 0 Å². The fourth-order valence-corrected chi connectivity index (χ4v) is 6.50. The number of aryl methyl sites for hydroxylation is 3. The van der Waals surface area contributed by atoms with Gasteiger partial charge in [0.25, 0.3) is 0 Å². The molecular formula is C41H40N4O2. The second-order valence-electron chi connectivity index (χ2n) is 13.5. The molecule has 0 N–H and O–H groups in total. The molecule has 0 aliphatic carbocycles. The molecule has 0 aliphatic rings. The number of hydrogen-bond donors (Lipinski definition) is 0. The molecule has 0 amide bonds. The maximum Gasteiger partial charge on any atom is 0.141 e. The predicted octanol–water partition coefficient (Wildman–Crippen LogP) is 10.4. The van der Waals surface area contributed by atoms with Crippen LogP contribution in [-0.4, -0.2) is 26.4 Å². The van der Waals surface area contributed by atoms with Crippen molar-refractivity contribution in [1.29, 1.82) is 0 Å². The van der Waals surface area contributed by atoms with E-state index in [1.807, 2.05) is 53.3 Å². The van der Waals surface area contributed by atoms with Gasteiger partial charge in [0.2, 0.25) is 0 Å². The van der Waals surface area contributed by atoms with Gasteiger partial charge in [0.1, 0.15) is 23.1 Å². The summed E-state index contributed by atoms with van der Waals surface area (Å²) in [4.78, 5) is 4.68. The Morgan fingerprint density at radius 3 is 2.30 bits per heavy atom. The van der Waals surface area contributed by atoms with Crippen LogP contribution in [0.1, 0.15) is 43.9 Å². The molecule has 0 bridgehead atoms. The lowest BCUT2D eigenvalue weighted by Gasteiger charge is -2.19. The van der Waals surface area contributed by atoms with E-state index in [9.17, 15) is 0 Å². The molecule has 0 aliphatic heterocycles. The molecule has 0 saturated carbocycles. The highest BCUT2D eigenvalue weighted by Crippen LogP contribution is 2.36. The molecule has 0 spiro atoms. The van der Waals surface area contributed by atoms with Gasteiger partial charge in [0.15, 0.2) is 0 Å². The topological polar surface area (TPSA) is 54.1 Å². The summed E-state index contributed by atoms with van der Waals surface area (Å²) in [6.45, 7) is 11.3. The highest BCUT2D eigenvalue weighted by molar-refractivity contribution is 6.09. The van der Waals surface area contributed by atoms with Crippen molar-refractivity contribution in [2.24, 2.45) is 5.41 Å². The molecule has 0 fully saturated rings. The largest absolute Gasteiger partial charge is 0.497 e. The normalized spacial score (nSPS) is 11.8. The molecule has 7 aromatic rings. The van der Waals surface area contributed by atoms with Crippen LogP contribution in [0.25, 0.3) is 44.4 Å². The molecule has 236 valence electrons.